The van der Waals surface area contributed by atoms with E-state index in [4.69, 9.17) is 16.0 Å². The molecule has 42 heavy (non-hydrogen) atoms. The van der Waals surface area contributed by atoms with Crippen molar-refractivity contribution in [3.05, 3.63) is 86.2 Å². The lowest BCUT2D eigenvalue weighted by Crippen LogP contribution is -2.50. The van der Waals surface area contributed by atoms with Crippen LogP contribution in [0.5, 0.6) is 0 Å². The number of nitrogens with zero attached hydrogens (tertiary/aromatic N) is 4. The number of carbonyl (C=O) groups excluding carboxylic acids is 3. The molecule has 1 unspecified atom stereocenters. The number of primary amides is 2. The molecule has 5 N–H and O–H groups in total. The molecule has 3 heterocycles. The molecule has 2 aromatic carbocycles. The minimum Gasteiger partial charge on any atom is -0.366 e. The van der Waals surface area contributed by atoms with Crippen LogP contribution in [0.3, 0.4) is 0 Å². The molecule has 12 heteroatoms. The van der Waals surface area contributed by atoms with Crippen molar-refractivity contribution in [3.8, 4) is 6.07 Å². The monoisotopic (exact) mass is 567 g/mol. The number of likely N-dealkylation sites (tertiary alicyclic amines) is 1. The third kappa shape index (κ3) is 3.66. The van der Waals surface area contributed by atoms with Crippen LogP contribution in [-0.4, -0.2) is 51.0 Å². The molecule has 1 spiro atoms. The zero-order chi connectivity index (χ0) is 29.6. The van der Waals surface area contributed by atoms with E-state index in [1.807, 2.05) is 19.1 Å². The minimum absolute atomic E-state index is 0.0732. The highest BCUT2D eigenvalue weighted by atomic mass is 16.5. The van der Waals surface area contributed by atoms with Gasteiger partial charge in [-0.15, -0.1) is 0 Å². The molecule has 214 valence electrons. The molecule has 2 aliphatic carbocycles. The first kappa shape index (κ1) is 26.2. The molecule has 12 nitrogen and oxygen atoms in total. The number of piperidine rings is 1. The first-order valence-corrected chi connectivity index (χ1v) is 14.0. The van der Waals surface area contributed by atoms with Crippen LogP contribution in [0.25, 0.3) is 0 Å². The topological polar surface area (TPSA) is 190 Å². The van der Waals surface area contributed by atoms with Gasteiger partial charge in [-0.25, -0.2) is 4.79 Å². The summed E-state index contributed by atoms with van der Waals surface area (Å²) in [5.41, 5.74) is 13.2. The zero-order valence-electron chi connectivity index (χ0n) is 22.9. The van der Waals surface area contributed by atoms with E-state index in [1.54, 1.807) is 29.2 Å². The Balaban J connectivity index is 1.36. The molecule has 1 saturated carbocycles. The summed E-state index contributed by atoms with van der Waals surface area (Å²) >= 11 is 0. The fourth-order valence-electron chi connectivity index (χ4n) is 7.55. The van der Waals surface area contributed by atoms with Gasteiger partial charge >= 0.3 is 5.76 Å². The van der Waals surface area contributed by atoms with Gasteiger partial charge in [0, 0.05) is 23.6 Å². The van der Waals surface area contributed by atoms with Crippen LogP contribution in [-0.2, 0) is 28.7 Å². The van der Waals surface area contributed by atoms with Gasteiger partial charge in [0.1, 0.15) is 11.7 Å². The number of hydrogen-bond acceptors (Lipinski definition) is 8. The predicted molar refractivity (Wildman–Crippen MR) is 147 cm³/mol. The largest absolute Gasteiger partial charge is 0.460 e. The van der Waals surface area contributed by atoms with Crippen LogP contribution in [0.1, 0.15) is 75.0 Å². The highest BCUT2D eigenvalue weighted by molar-refractivity contribution is 5.94. The van der Waals surface area contributed by atoms with Gasteiger partial charge < -0.3 is 20.9 Å². The molecule has 0 bridgehead atoms. The molecule has 1 saturated heterocycles. The van der Waals surface area contributed by atoms with Crippen LogP contribution < -0.4 is 22.5 Å². The van der Waals surface area contributed by atoms with Crippen LogP contribution in [0, 0.1) is 17.2 Å². The first-order chi connectivity index (χ1) is 20.1. The van der Waals surface area contributed by atoms with Gasteiger partial charge in [-0.3, -0.25) is 19.7 Å². The molecule has 2 fully saturated rings. The Hall–Kier alpha value is -4.76. The minimum atomic E-state index is -1.07. The number of aryl methyl sites for hydroxylation is 2. The van der Waals surface area contributed by atoms with E-state index < -0.39 is 34.7 Å². The summed E-state index contributed by atoms with van der Waals surface area (Å²) in [5, 5.41) is 12.9. The van der Waals surface area contributed by atoms with Crippen LogP contribution in [0.2, 0.25) is 0 Å². The zero-order valence-corrected chi connectivity index (χ0v) is 22.9. The Morgan fingerprint density at radius 2 is 1.69 bits per heavy atom. The van der Waals surface area contributed by atoms with Crippen molar-refractivity contribution in [1.29, 1.82) is 5.26 Å². The van der Waals surface area contributed by atoms with Crippen LogP contribution in [0.4, 0.5) is 0 Å². The number of nitriles is 1. The van der Waals surface area contributed by atoms with Crippen molar-refractivity contribution in [2.24, 2.45) is 17.4 Å². The van der Waals surface area contributed by atoms with E-state index in [2.05, 4.69) is 16.4 Å². The molecule has 0 radical (unpaired) electrons. The van der Waals surface area contributed by atoms with Gasteiger partial charge in [-0.1, -0.05) is 12.1 Å². The SMILES string of the molecule is C[C@]1(NCC(=O)N2C(C#N)C[C@@H]3C[C@@H]32)CC2(c3ccc(C(N)=O)cc3CCc3cc(C(N)=O)ccc32)c2nc(=O)on21. The fraction of sp³-hybridized carbons (Fsp3) is 0.400. The van der Waals surface area contributed by atoms with Crippen LogP contribution >= 0.6 is 0 Å². The van der Waals surface area contributed by atoms with Gasteiger partial charge in [0.15, 0.2) is 5.82 Å². The van der Waals surface area contributed by atoms with E-state index >= 15 is 0 Å². The summed E-state index contributed by atoms with van der Waals surface area (Å²) in [6.07, 6.45) is 2.98. The molecule has 3 amide bonds. The maximum Gasteiger partial charge on any atom is 0.460 e. The summed E-state index contributed by atoms with van der Waals surface area (Å²) in [5.74, 6) is -1.36. The van der Waals surface area contributed by atoms with Crippen molar-refractivity contribution in [2.75, 3.05) is 6.54 Å². The quantitative estimate of drug-likeness (QED) is 0.400. The summed E-state index contributed by atoms with van der Waals surface area (Å²) < 4.78 is 7.10. The Morgan fingerprint density at radius 3 is 2.26 bits per heavy atom. The highest BCUT2D eigenvalue weighted by Crippen LogP contribution is 2.54. The summed E-state index contributed by atoms with van der Waals surface area (Å²) in [6, 6.07) is 12.4. The van der Waals surface area contributed by atoms with E-state index in [0.717, 1.165) is 28.7 Å². The molecule has 2 aliphatic heterocycles. The Bertz CT molecular complexity index is 1740. The molecule has 4 atom stereocenters. The number of benzene rings is 2. The van der Waals surface area contributed by atoms with Gasteiger partial charge in [0.2, 0.25) is 17.7 Å². The van der Waals surface area contributed by atoms with Crippen molar-refractivity contribution in [3.63, 3.8) is 0 Å². The third-order valence-electron chi connectivity index (χ3n) is 9.52. The third-order valence-corrected chi connectivity index (χ3v) is 9.52. The lowest BCUT2D eigenvalue weighted by atomic mass is 9.69. The maximum absolute atomic E-state index is 13.4. The second kappa shape index (κ2) is 8.87. The number of fused-ring (bicyclic) bond motifs is 7. The van der Waals surface area contributed by atoms with Gasteiger partial charge in [-0.2, -0.15) is 15.0 Å². The molecule has 4 aliphatic rings. The van der Waals surface area contributed by atoms with Crippen LogP contribution in [0.15, 0.2) is 45.7 Å². The Morgan fingerprint density at radius 1 is 1.07 bits per heavy atom. The summed E-state index contributed by atoms with van der Waals surface area (Å²) in [6.45, 7) is 1.77. The molecule has 3 aromatic rings. The number of hydrogen-bond donors (Lipinski definition) is 3. The van der Waals surface area contributed by atoms with E-state index in [0.29, 0.717) is 48.6 Å². The average molecular weight is 568 g/mol. The standard InChI is InChI=1S/C30H29N7O5/c1-29(34-13-24(38)36-20(12-31)10-19-11-23(19)36)14-30(27-35-28(41)42-37(27)29)21-6-4-17(25(32)39)8-15(21)2-3-16-9-18(26(33)40)5-7-22(16)30/h4-9,19-20,23,34H,2-3,10-11,13-14H2,1H3,(H2,32,39)(H2,33,40)/t19-,20?,23+,29-/m1/s1. The molecule has 7 rings (SSSR count). The lowest BCUT2D eigenvalue weighted by molar-refractivity contribution is -0.132. The number of amides is 3. The average Bonchev–Trinajstić information content (AvgIpc) is 3.38. The molecule has 1 aromatic heterocycles. The Kier molecular flexibility index (Phi) is 5.52. The van der Waals surface area contributed by atoms with Crippen molar-refractivity contribution in [1.82, 2.24) is 19.9 Å². The smallest absolute Gasteiger partial charge is 0.366 e. The number of nitrogens with two attached hydrogens (primary N) is 2. The summed E-state index contributed by atoms with van der Waals surface area (Å²) in [4.78, 5) is 56.3. The van der Waals surface area contributed by atoms with Gasteiger partial charge in [0.05, 0.1) is 18.0 Å². The first-order valence-electron chi connectivity index (χ1n) is 14.0. The second-order valence-corrected chi connectivity index (χ2v) is 12.0. The number of nitrogens with one attached hydrogen (secondary N) is 1. The van der Waals surface area contributed by atoms with Gasteiger partial charge in [-0.05, 0) is 85.0 Å². The number of carbonyl (C=O) groups is 3. The number of rotatable bonds is 5. The lowest BCUT2D eigenvalue weighted by Gasteiger charge is -2.34. The van der Waals surface area contributed by atoms with Gasteiger partial charge in [0.25, 0.3) is 0 Å². The fourth-order valence-corrected chi connectivity index (χ4v) is 7.55. The van der Waals surface area contributed by atoms with Crippen molar-refractivity contribution >= 4 is 17.7 Å². The van der Waals surface area contributed by atoms with Crippen molar-refractivity contribution < 1.29 is 18.9 Å². The Labute approximate surface area is 240 Å². The maximum atomic E-state index is 13.4. The molecular formula is C30H29N7O5. The number of aromatic nitrogens is 2. The van der Waals surface area contributed by atoms with E-state index in [1.165, 1.54) is 4.74 Å². The van der Waals surface area contributed by atoms with Crippen molar-refractivity contribution in [2.45, 2.75) is 62.2 Å². The summed E-state index contributed by atoms with van der Waals surface area (Å²) in [7, 11) is 0. The normalized spacial score (nSPS) is 26.0. The van der Waals surface area contributed by atoms with E-state index in [9.17, 15) is 24.4 Å². The molecular weight excluding hydrogens is 538 g/mol. The predicted octanol–water partition coefficient (Wildman–Crippen LogP) is 0.646. The van der Waals surface area contributed by atoms with E-state index in [-0.39, 0.29) is 18.5 Å². The highest BCUT2D eigenvalue weighted by Gasteiger charge is 2.58. The second-order valence-electron chi connectivity index (χ2n) is 12.0.